The molecule has 39 heavy (non-hydrogen) atoms. The van der Waals surface area contributed by atoms with Crippen molar-refractivity contribution in [3.05, 3.63) is 72.4 Å². The Hall–Kier alpha value is -3.51. The first kappa shape index (κ1) is 31.7. The molecule has 1 aromatic heterocycles. The Balaban J connectivity index is 0.00000127. The summed E-state index contributed by atoms with van der Waals surface area (Å²) in [5.74, 6) is -0.276. The smallest absolute Gasteiger partial charge is 0.406 e. The molecule has 2 aromatic carbocycles. The van der Waals surface area contributed by atoms with Gasteiger partial charge in [-0.1, -0.05) is 29.4 Å². The zero-order valence-corrected chi connectivity index (χ0v) is 22.1. The largest absolute Gasteiger partial charge is 0.573 e. The van der Waals surface area contributed by atoms with Crippen molar-refractivity contribution >= 4 is 6.21 Å². The van der Waals surface area contributed by atoms with E-state index in [9.17, 15) is 13.2 Å². The summed E-state index contributed by atoms with van der Waals surface area (Å²) in [7, 11) is 3.68. The molecule has 1 fully saturated rings. The normalized spacial score (nSPS) is 18.8. The van der Waals surface area contributed by atoms with Gasteiger partial charge in [-0.3, -0.25) is 4.98 Å². The number of hydrogen-bond donors (Lipinski definition) is 2. The summed E-state index contributed by atoms with van der Waals surface area (Å²) < 4.78 is 52.1. The maximum absolute atomic E-state index is 12.4. The molecule has 212 valence electrons. The third-order valence-corrected chi connectivity index (χ3v) is 5.65. The molecule has 11 heteroatoms. The van der Waals surface area contributed by atoms with Gasteiger partial charge in [0.05, 0.1) is 24.1 Å². The number of aliphatic hydroxyl groups excluding tert-OH is 2. The Morgan fingerprint density at radius 1 is 0.923 bits per heavy atom. The lowest BCUT2D eigenvalue weighted by molar-refractivity contribution is -0.274. The number of alkyl halides is 3. The van der Waals surface area contributed by atoms with E-state index in [1.165, 1.54) is 12.1 Å². The first-order valence-electron chi connectivity index (χ1n) is 12.0. The highest BCUT2D eigenvalue weighted by atomic mass is 19.4. The average molecular weight is 551 g/mol. The minimum absolute atomic E-state index is 0.0513. The summed E-state index contributed by atoms with van der Waals surface area (Å²) in [5, 5.41) is 18.1. The highest BCUT2D eigenvalue weighted by Crippen LogP contribution is 2.28. The van der Waals surface area contributed by atoms with Crippen molar-refractivity contribution in [2.24, 2.45) is 5.16 Å². The minimum atomic E-state index is -4.72. The van der Waals surface area contributed by atoms with Gasteiger partial charge < -0.3 is 29.3 Å². The quantitative estimate of drug-likeness (QED) is 0.299. The summed E-state index contributed by atoms with van der Waals surface area (Å²) >= 11 is 0. The molecule has 1 saturated heterocycles. The summed E-state index contributed by atoms with van der Waals surface area (Å²) in [5.41, 5.74) is 4.05. The molecule has 2 N–H and O–H groups in total. The number of ether oxygens (including phenoxy) is 3. The summed E-state index contributed by atoms with van der Waals surface area (Å²) in [6, 6.07) is 17.1. The molecule has 1 aliphatic heterocycles. The van der Waals surface area contributed by atoms with Gasteiger partial charge >= 0.3 is 6.36 Å². The first-order valence-corrected chi connectivity index (χ1v) is 12.0. The lowest BCUT2D eigenvalue weighted by Gasteiger charge is -2.31. The molecular formula is C28H33F3N2O6. The van der Waals surface area contributed by atoms with Crippen LogP contribution in [0.15, 0.2) is 72.0 Å². The predicted octanol–water partition coefficient (Wildman–Crippen LogP) is 5.42. The molecule has 0 aliphatic carbocycles. The summed E-state index contributed by atoms with van der Waals surface area (Å²) in [6.07, 6.45) is -0.244. The van der Waals surface area contributed by atoms with Crippen molar-refractivity contribution in [2.45, 2.75) is 44.6 Å². The molecule has 0 bridgehead atoms. The van der Waals surface area contributed by atoms with Gasteiger partial charge in [-0.25, -0.2) is 0 Å². The molecule has 3 atom stereocenters. The van der Waals surface area contributed by atoms with Crippen molar-refractivity contribution in [1.29, 1.82) is 0 Å². The lowest BCUT2D eigenvalue weighted by Crippen LogP contribution is -2.38. The van der Waals surface area contributed by atoms with E-state index in [0.717, 1.165) is 37.3 Å². The van der Waals surface area contributed by atoms with Crippen LogP contribution >= 0.6 is 0 Å². The molecule has 0 radical (unpaired) electrons. The van der Waals surface area contributed by atoms with Gasteiger partial charge in [0, 0.05) is 39.5 Å². The van der Waals surface area contributed by atoms with Crippen LogP contribution in [0.4, 0.5) is 13.2 Å². The second kappa shape index (κ2) is 15.8. The molecule has 0 amide bonds. The van der Waals surface area contributed by atoms with Gasteiger partial charge in [0.2, 0.25) is 6.29 Å². The Morgan fingerprint density at radius 2 is 1.56 bits per heavy atom. The van der Waals surface area contributed by atoms with Crippen LogP contribution in [0.2, 0.25) is 0 Å². The van der Waals surface area contributed by atoms with E-state index in [-0.39, 0.29) is 18.0 Å². The third-order valence-electron chi connectivity index (χ3n) is 5.65. The Kier molecular flexibility index (Phi) is 12.8. The van der Waals surface area contributed by atoms with Crippen molar-refractivity contribution in [1.82, 2.24) is 4.98 Å². The fraction of sp³-hybridized carbons (Fsp3) is 0.357. The van der Waals surface area contributed by atoms with E-state index in [1.807, 2.05) is 43.3 Å². The van der Waals surface area contributed by atoms with E-state index in [4.69, 9.17) is 24.5 Å². The molecule has 2 unspecified atom stereocenters. The molecular weight excluding hydrogens is 517 g/mol. The van der Waals surface area contributed by atoms with Crippen LogP contribution in [0, 0.1) is 0 Å². The zero-order chi connectivity index (χ0) is 28.8. The van der Waals surface area contributed by atoms with Crippen molar-refractivity contribution < 1.29 is 42.4 Å². The van der Waals surface area contributed by atoms with Gasteiger partial charge in [-0.2, -0.15) is 0 Å². The topological polar surface area (TPSA) is 103 Å². The maximum Gasteiger partial charge on any atom is 0.573 e. The van der Waals surface area contributed by atoms with E-state index in [1.54, 1.807) is 31.7 Å². The summed E-state index contributed by atoms with van der Waals surface area (Å²) in [4.78, 5) is 9.81. The minimum Gasteiger partial charge on any atom is -0.406 e. The highest BCUT2D eigenvalue weighted by Gasteiger charge is 2.31. The fourth-order valence-corrected chi connectivity index (χ4v) is 3.83. The maximum atomic E-state index is 12.4. The number of benzene rings is 2. The van der Waals surface area contributed by atoms with Crippen LogP contribution in [0.3, 0.4) is 0 Å². The van der Waals surface area contributed by atoms with Gasteiger partial charge in [0.1, 0.15) is 5.75 Å². The fourth-order valence-electron chi connectivity index (χ4n) is 3.83. The van der Waals surface area contributed by atoms with E-state index in [2.05, 4.69) is 14.9 Å². The standard InChI is InChI=1S/C26H25F3N2O4.2CH4O/c1-17-24(32-2)11-12-25(33-17)35-31-16-18-3-5-19(6-4-18)21-13-14-30-23(15-21)20-7-9-22(10-8-20)34-26(27,28)29;2*1-2/h3-10,13-17,24-25H,11-12H2,1-2H3;2*2H,1H3/b31-16+;;/t17-,24?,25?;;/m0../s1. The number of aliphatic hydroxyl groups is 2. The second-order valence-corrected chi connectivity index (χ2v) is 8.09. The van der Waals surface area contributed by atoms with Crippen LogP contribution < -0.4 is 4.74 Å². The number of oxime groups is 1. The van der Waals surface area contributed by atoms with E-state index >= 15 is 0 Å². The van der Waals surface area contributed by atoms with Crippen LogP contribution in [0.5, 0.6) is 5.75 Å². The number of hydrogen-bond acceptors (Lipinski definition) is 8. The van der Waals surface area contributed by atoms with Crippen molar-refractivity contribution in [2.75, 3.05) is 21.3 Å². The Morgan fingerprint density at radius 3 is 2.15 bits per heavy atom. The van der Waals surface area contributed by atoms with Crippen LogP contribution in [0.25, 0.3) is 22.4 Å². The zero-order valence-electron chi connectivity index (χ0n) is 22.1. The monoisotopic (exact) mass is 550 g/mol. The molecule has 1 aliphatic rings. The molecule has 0 spiro atoms. The van der Waals surface area contributed by atoms with Crippen LogP contribution in [0.1, 0.15) is 25.3 Å². The second-order valence-electron chi connectivity index (χ2n) is 8.09. The number of rotatable bonds is 7. The molecule has 8 nitrogen and oxygen atoms in total. The molecule has 3 aromatic rings. The van der Waals surface area contributed by atoms with Gasteiger partial charge in [-0.05, 0) is 66.4 Å². The molecule has 2 heterocycles. The Bertz CT molecular complexity index is 1140. The number of halogens is 3. The van der Waals surface area contributed by atoms with Crippen LogP contribution in [-0.4, -0.2) is 67.6 Å². The SMILES string of the molecule is CO.CO.COC1CCC(O/N=C/c2ccc(-c3ccnc(-c4ccc(OC(F)(F)F)cc4)c3)cc2)O[C@H]1C. The Labute approximate surface area is 225 Å². The highest BCUT2D eigenvalue weighted by molar-refractivity contribution is 5.81. The third kappa shape index (κ3) is 9.95. The number of aromatic nitrogens is 1. The number of nitrogens with zero attached hydrogens (tertiary/aromatic N) is 2. The summed E-state index contributed by atoms with van der Waals surface area (Å²) in [6.45, 7) is 1.95. The van der Waals surface area contributed by atoms with E-state index < -0.39 is 12.7 Å². The van der Waals surface area contributed by atoms with E-state index in [0.29, 0.717) is 17.7 Å². The average Bonchev–Trinajstić information content (AvgIpc) is 2.95. The molecule has 0 saturated carbocycles. The van der Waals surface area contributed by atoms with Gasteiger partial charge in [0.15, 0.2) is 0 Å². The first-order chi connectivity index (χ1) is 18.8. The number of methoxy groups -OCH3 is 1. The molecule has 4 rings (SSSR count). The lowest BCUT2D eigenvalue weighted by atomic mass is 10.0. The van der Waals surface area contributed by atoms with Gasteiger partial charge in [0.25, 0.3) is 0 Å². The van der Waals surface area contributed by atoms with Gasteiger partial charge in [-0.15, -0.1) is 13.2 Å². The van der Waals surface area contributed by atoms with Crippen molar-refractivity contribution in [3.63, 3.8) is 0 Å². The van der Waals surface area contributed by atoms with Crippen molar-refractivity contribution in [3.8, 4) is 28.1 Å². The predicted molar refractivity (Wildman–Crippen MR) is 141 cm³/mol. The van der Waals surface area contributed by atoms with Crippen LogP contribution in [-0.2, 0) is 14.3 Å². The number of pyridine rings is 1.